The Morgan fingerprint density at radius 1 is 1.67 bits per heavy atom. The first kappa shape index (κ1) is 14.7. The molecule has 3 N–H and O–H groups in total. The summed E-state index contributed by atoms with van der Waals surface area (Å²) in [7, 11) is 0. The molecule has 0 aromatic carbocycles. The molecule has 1 amide bonds. The van der Waals surface area contributed by atoms with E-state index in [1.165, 1.54) is 11.3 Å². The van der Waals surface area contributed by atoms with Gasteiger partial charge in [0.05, 0.1) is 23.1 Å². The van der Waals surface area contributed by atoms with E-state index in [-0.39, 0.29) is 12.0 Å². The Morgan fingerprint density at radius 2 is 2.44 bits per heavy atom. The monoisotopic (exact) mass is 266 g/mol. The normalized spacial score (nSPS) is 11.5. The first-order valence-electron chi connectivity index (χ1n) is 5.84. The predicted molar refractivity (Wildman–Crippen MR) is 73.7 cm³/mol. The summed E-state index contributed by atoms with van der Waals surface area (Å²) in [6.07, 6.45) is 0.0223. The largest absolute Gasteiger partial charge is 0.377 e. The Hall–Kier alpha value is -1.35. The maximum atomic E-state index is 11.8. The van der Waals surface area contributed by atoms with E-state index in [0.717, 1.165) is 4.88 Å². The zero-order valence-electron chi connectivity index (χ0n) is 10.7. The maximum absolute atomic E-state index is 11.8. The molecular weight excluding hydrogens is 248 g/mol. The van der Waals surface area contributed by atoms with Crippen LogP contribution in [0.4, 0.5) is 0 Å². The highest BCUT2D eigenvalue weighted by Crippen LogP contribution is 2.13. The van der Waals surface area contributed by atoms with Crippen LogP contribution in [-0.2, 0) is 4.74 Å². The van der Waals surface area contributed by atoms with Crippen LogP contribution in [0.3, 0.4) is 0 Å². The highest BCUT2D eigenvalue weighted by molar-refractivity contribution is 7.10. The fraction of sp³-hybridized carbons (Fsp3) is 0.462. The quantitative estimate of drug-likeness (QED) is 0.787. The van der Waals surface area contributed by atoms with Gasteiger partial charge in [-0.25, -0.2) is 0 Å². The van der Waals surface area contributed by atoms with Gasteiger partial charge in [-0.05, 0) is 19.9 Å². The van der Waals surface area contributed by atoms with Gasteiger partial charge in [0.25, 0.3) is 5.91 Å². The second kappa shape index (κ2) is 7.88. The SMILES string of the molecule is CCOC(C)CNC(=O)c1csc(C#CCN)c1. The summed E-state index contributed by atoms with van der Waals surface area (Å²) in [6, 6.07) is 1.77. The van der Waals surface area contributed by atoms with Crippen LogP contribution in [-0.4, -0.2) is 31.7 Å². The van der Waals surface area contributed by atoms with Crippen molar-refractivity contribution in [3.63, 3.8) is 0 Å². The van der Waals surface area contributed by atoms with Crippen molar-refractivity contribution in [2.45, 2.75) is 20.0 Å². The smallest absolute Gasteiger partial charge is 0.252 e. The Morgan fingerprint density at radius 3 is 3.11 bits per heavy atom. The standard InChI is InChI=1S/C13H18N2O2S/c1-3-17-10(2)8-15-13(16)11-7-12(18-9-11)5-4-6-14/h7,9-10H,3,6,8,14H2,1-2H3,(H,15,16). The molecule has 0 saturated carbocycles. The molecule has 18 heavy (non-hydrogen) atoms. The summed E-state index contributed by atoms with van der Waals surface area (Å²) in [5, 5.41) is 4.62. The third-order valence-electron chi connectivity index (χ3n) is 2.18. The van der Waals surface area contributed by atoms with Gasteiger partial charge >= 0.3 is 0 Å². The second-order valence-corrected chi connectivity index (χ2v) is 4.59. The fourth-order valence-corrected chi connectivity index (χ4v) is 2.10. The number of nitrogens with two attached hydrogens (primary N) is 1. The topological polar surface area (TPSA) is 64.3 Å². The van der Waals surface area contributed by atoms with Crippen LogP contribution in [0.2, 0.25) is 0 Å². The zero-order chi connectivity index (χ0) is 13.4. The number of carbonyl (C=O) groups is 1. The maximum Gasteiger partial charge on any atom is 0.252 e. The molecule has 1 aromatic rings. The van der Waals surface area contributed by atoms with Crippen LogP contribution in [0.25, 0.3) is 0 Å². The predicted octanol–water partition coefficient (Wildman–Crippen LogP) is 1.21. The van der Waals surface area contributed by atoms with Gasteiger partial charge < -0.3 is 15.8 Å². The molecule has 1 unspecified atom stereocenters. The van der Waals surface area contributed by atoms with Crippen molar-refractivity contribution in [1.82, 2.24) is 5.32 Å². The van der Waals surface area contributed by atoms with Gasteiger partial charge in [-0.1, -0.05) is 11.8 Å². The van der Waals surface area contributed by atoms with Gasteiger partial charge in [-0.3, -0.25) is 4.79 Å². The molecule has 0 spiro atoms. The summed E-state index contributed by atoms with van der Waals surface area (Å²) in [4.78, 5) is 12.7. The fourth-order valence-electron chi connectivity index (χ4n) is 1.34. The van der Waals surface area contributed by atoms with Gasteiger partial charge in [0.2, 0.25) is 0 Å². The lowest BCUT2D eigenvalue weighted by Gasteiger charge is -2.11. The third-order valence-corrected chi connectivity index (χ3v) is 3.02. The third kappa shape index (κ3) is 4.88. The van der Waals surface area contributed by atoms with E-state index in [4.69, 9.17) is 10.5 Å². The van der Waals surface area contributed by atoms with Gasteiger partial charge in [0.15, 0.2) is 0 Å². The van der Waals surface area contributed by atoms with Crippen LogP contribution in [0.1, 0.15) is 29.1 Å². The van der Waals surface area contributed by atoms with E-state index in [9.17, 15) is 4.79 Å². The highest BCUT2D eigenvalue weighted by Gasteiger charge is 2.09. The molecular formula is C13H18N2O2S. The summed E-state index contributed by atoms with van der Waals surface area (Å²) >= 11 is 1.44. The Kier molecular flexibility index (Phi) is 6.44. The minimum atomic E-state index is -0.0985. The molecule has 0 radical (unpaired) electrons. The van der Waals surface area contributed by atoms with Gasteiger partial charge in [-0.15, -0.1) is 11.3 Å². The van der Waals surface area contributed by atoms with E-state index < -0.39 is 0 Å². The summed E-state index contributed by atoms with van der Waals surface area (Å²) in [6.45, 7) is 5.33. The van der Waals surface area contributed by atoms with Gasteiger partial charge in [0.1, 0.15) is 0 Å². The first-order valence-corrected chi connectivity index (χ1v) is 6.72. The lowest BCUT2D eigenvalue weighted by atomic mass is 10.3. The molecule has 0 aliphatic carbocycles. The van der Waals surface area contributed by atoms with Crippen LogP contribution in [0.15, 0.2) is 11.4 Å². The first-order chi connectivity index (χ1) is 8.67. The zero-order valence-corrected chi connectivity index (χ0v) is 11.5. The summed E-state index contributed by atoms with van der Waals surface area (Å²) in [5.41, 5.74) is 5.92. The van der Waals surface area contributed by atoms with Crippen molar-refractivity contribution in [1.29, 1.82) is 0 Å². The number of hydrogen-bond donors (Lipinski definition) is 2. The number of carbonyl (C=O) groups excluding carboxylic acids is 1. The lowest BCUT2D eigenvalue weighted by molar-refractivity contribution is 0.0695. The average molecular weight is 266 g/mol. The lowest BCUT2D eigenvalue weighted by Crippen LogP contribution is -2.31. The molecule has 1 atom stereocenters. The van der Waals surface area contributed by atoms with Gasteiger partial charge in [-0.2, -0.15) is 0 Å². The molecule has 98 valence electrons. The molecule has 5 heteroatoms. The van der Waals surface area contributed by atoms with Crippen molar-refractivity contribution in [3.05, 3.63) is 21.9 Å². The van der Waals surface area contributed by atoms with E-state index in [2.05, 4.69) is 17.2 Å². The van der Waals surface area contributed by atoms with Gasteiger partial charge in [0, 0.05) is 18.5 Å². The molecule has 0 bridgehead atoms. The van der Waals surface area contributed by atoms with Crippen molar-refractivity contribution in [2.75, 3.05) is 19.7 Å². The molecule has 0 fully saturated rings. The summed E-state index contributed by atoms with van der Waals surface area (Å²) < 4.78 is 5.34. The number of hydrogen-bond acceptors (Lipinski definition) is 4. The Balaban J connectivity index is 2.49. The molecule has 0 saturated heterocycles. The van der Waals surface area contributed by atoms with E-state index in [0.29, 0.717) is 25.3 Å². The molecule has 0 aliphatic rings. The number of ether oxygens (including phenoxy) is 1. The van der Waals surface area contributed by atoms with Crippen LogP contribution in [0, 0.1) is 11.8 Å². The number of amides is 1. The van der Waals surface area contributed by atoms with Crippen LogP contribution >= 0.6 is 11.3 Å². The highest BCUT2D eigenvalue weighted by atomic mass is 32.1. The Bertz CT molecular complexity index is 445. The van der Waals surface area contributed by atoms with Crippen molar-refractivity contribution < 1.29 is 9.53 Å². The van der Waals surface area contributed by atoms with E-state index >= 15 is 0 Å². The number of thiophene rings is 1. The molecule has 4 nitrogen and oxygen atoms in total. The van der Waals surface area contributed by atoms with Crippen LogP contribution < -0.4 is 11.1 Å². The van der Waals surface area contributed by atoms with Crippen molar-refractivity contribution in [3.8, 4) is 11.8 Å². The number of rotatable bonds is 5. The minimum Gasteiger partial charge on any atom is -0.377 e. The van der Waals surface area contributed by atoms with Crippen LogP contribution in [0.5, 0.6) is 0 Å². The Labute approximate surface area is 112 Å². The molecule has 1 aromatic heterocycles. The van der Waals surface area contributed by atoms with Crippen molar-refractivity contribution >= 4 is 17.2 Å². The molecule has 1 rings (SSSR count). The summed E-state index contributed by atoms with van der Waals surface area (Å²) in [5.74, 6) is 5.57. The van der Waals surface area contributed by atoms with Crippen molar-refractivity contribution in [2.24, 2.45) is 5.73 Å². The second-order valence-electron chi connectivity index (χ2n) is 3.68. The molecule has 1 heterocycles. The number of nitrogens with one attached hydrogen (secondary N) is 1. The minimum absolute atomic E-state index is 0.0223. The van der Waals surface area contributed by atoms with E-state index in [1.54, 1.807) is 11.4 Å². The van der Waals surface area contributed by atoms with E-state index in [1.807, 2.05) is 13.8 Å². The average Bonchev–Trinajstić information content (AvgIpc) is 2.82. The molecule has 0 aliphatic heterocycles.